The Morgan fingerprint density at radius 1 is 1.33 bits per heavy atom. The number of aromatic nitrogens is 1. The summed E-state index contributed by atoms with van der Waals surface area (Å²) in [7, 11) is 0. The molecule has 2 aromatic rings. The summed E-state index contributed by atoms with van der Waals surface area (Å²) in [4.78, 5) is 3.81. The van der Waals surface area contributed by atoms with E-state index < -0.39 is 17.8 Å². The molecule has 2 aromatic heterocycles. The van der Waals surface area contributed by atoms with Crippen molar-refractivity contribution in [2.24, 2.45) is 0 Å². The third-order valence-corrected chi connectivity index (χ3v) is 3.15. The van der Waals surface area contributed by atoms with E-state index in [1.165, 1.54) is 12.3 Å². The van der Waals surface area contributed by atoms with E-state index in [1.807, 2.05) is 6.92 Å². The summed E-state index contributed by atoms with van der Waals surface area (Å²) < 4.78 is 44.7. The van der Waals surface area contributed by atoms with Crippen molar-refractivity contribution in [3.05, 3.63) is 52.7 Å². The molecule has 7 heteroatoms. The van der Waals surface area contributed by atoms with Gasteiger partial charge in [0, 0.05) is 18.0 Å². The highest BCUT2D eigenvalue weighted by Crippen LogP contribution is 2.36. The van der Waals surface area contributed by atoms with Gasteiger partial charge in [-0.3, -0.25) is 4.98 Å². The van der Waals surface area contributed by atoms with Gasteiger partial charge in [-0.05, 0) is 42.8 Å². The molecule has 0 aliphatic carbocycles. The lowest BCUT2D eigenvalue weighted by atomic mass is 10.0. The van der Waals surface area contributed by atoms with Gasteiger partial charge in [0.15, 0.2) is 5.22 Å². The minimum atomic E-state index is -4.46. The molecule has 3 nitrogen and oxygen atoms in total. The van der Waals surface area contributed by atoms with Gasteiger partial charge in [-0.15, -0.1) is 0 Å². The van der Waals surface area contributed by atoms with Crippen molar-refractivity contribution in [1.82, 2.24) is 10.3 Å². The van der Waals surface area contributed by atoms with Crippen molar-refractivity contribution in [3.63, 3.8) is 0 Å². The van der Waals surface area contributed by atoms with Crippen LogP contribution in [-0.4, -0.2) is 11.5 Å². The summed E-state index contributed by atoms with van der Waals surface area (Å²) in [6, 6.07) is 3.27. The quantitative estimate of drug-likeness (QED) is 0.886. The monoisotopic (exact) mass is 318 g/mol. The number of furan rings is 1. The van der Waals surface area contributed by atoms with Crippen molar-refractivity contribution < 1.29 is 17.6 Å². The second-order valence-corrected chi connectivity index (χ2v) is 4.86. The van der Waals surface area contributed by atoms with Gasteiger partial charge in [-0.2, -0.15) is 13.2 Å². The van der Waals surface area contributed by atoms with Crippen LogP contribution in [-0.2, 0) is 6.18 Å². The smallest absolute Gasteiger partial charge is 0.416 e. The maximum atomic E-state index is 13.1. The van der Waals surface area contributed by atoms with Crippen LogP contribution in [0.4, 0.5) is 13.2 Å². The highest BCUT2D eigenvalue weighted by Gasteiger charge is 2.36. The number of alkyl halides is 3. The van der Waals surface area contributed by atoms with Crippen LogP contribution >= 0.6 is 11.6 Å². The number of nitrogens with zero attached hydrogens (tertiary/aromatic N) is 1. The maximum Gasteiger partial charge on any atom is 0.416 e. The SMILES string of the molecule is CCCNC(c1ccc(Cl)o1)c1cnccc1C(F)(F)F. The van der Waals surface area contributed by atoms with Crippen molar-refractivity contribution in [3.8, 4) is 0 Å². The number of rotatable bonds is 5. The molecule has 0 saturated carbocycles. The zero-order valence-corrected chi connectivity index (χ0v) is 12.0. The summed E-state index contributed by atoms with van der Waals surface area (Å²) in [6.45, 7) is 2.46. The lowest BCUT2D eigenvalue weighted by Crippen LogP contribution is -2.25. The fourth-order valence-electron chi connectivity index (χ4n) is 2.03. The van der Waals surface area contributed by atoms with E-state index in [0.717, 1.165) is 18.7 Å². The van der Waals surface area contributed by atoms with Gasteiger partial charge in [0.25, 0.3) is 0 Å². The van der Waals surface area contributed by atoms with Gasteiger partial charge in [0.05, 0.1) is 11.6 Å². The highest BCUT2D eigenvalue weighted by molar-refractivity contribution is 6.28. The number of pyridine rings is 1. The van der Waals surface area contributed by atoms with Gasteiger partial charge in [0.2, 0.25) is 0 Å². The van der Waals surface area contributed by atoms with Crippen molar-refractivity contribution in [1.29, 1.82) is 0 Å². The minimum Gasteiger partial charge on any atom is -0.448 e. The average Bonchev–Trinajstić information content (AvgIpc) is 2.85. The number of hydrogen-bond donors (Lipinski definition) is 1. The van der Waals surface area contributed by atoms with Crippen LogP contribution in [0.25, 0.3) is 0 Å². The van der Waals surface area contributed by atoms with E-state index in [-0.39, 0.29) is 10.8 Å². The number of hydrogen-bond acceptors (Lipinski definition) is 3. The first-order valence-electron chi connectivity index (χ1n) is 6.43. The first-order valence-corrected chi connectivity index (χ1v) is 6.81. The Balaban J connectivity index is 2.46. The van der Waals surface area contributed by atoms with E-state index in [4.69, 9.17) is 16.0 Å². The molecule has 21 heavy (non-hydrogen) atoms. The molecular weight excluding hydrogens is 305 g/mol. The molecule has 1 atom stereocenters. The number of halogens is 4. The van der Waals surface area contributed by atoms with Gasteiger partial charge >= 0.3 is 6.18 Å². The molecule has 1 unspecified atom stereocenters. The molecule has 0 saturated heterocycles. The predicted molar refractivity (Wildman–Crippen MR) is 73.1 cm³/mol. The van der Waals surface area contributed by atoms with Gasteiger partial charge < -0.3 is 9.73 Å². The van der Waals surface area contributed by atoms with E-state index in [2.05, 4.69) is 10.3 Å². The molecular formula is C14H14ClF3N2O. The van der Waals surface area contributed by atoms with Gasteiger partial charge in [0.1, 0.15) is 5.76 Å². The topological polar surface area (TPSA) is 38.1 Å². The summed E-state index contributed by atoms with van der Waals surface area (Å²) in [5.74, 6) is 0.326. The van der Waals surface area contributed by atoms with Crippen molar-refractivity contribution >= 4 is 11.6 Å². The molecule has 1 N–H and O–H groups in total. The van der Waals surface area contributed by atoms with Crippen LogP contribution in [0.1, 0.15) is 36.3 Å². The van der Waals surface area contributed by atoms with E-state index >= 15 is 0 Å². The van der Waals surface area contributed by atoms with Crippen LogP contribution in [0, 0.1) is 0 Å². The zero-order chi connectivity index (χ0) is 15.5. The van der Waals surface area contributed by atoms with Crippen LogP contribution in [0.5, 0.6) is 0 Å². The Hall–Kier alpha value is -1.53. The molecule has 0 aliphatic heterocycles. The predicted octanol–water partition coefficient (Wildman–Crippen LogP) is 4.44. The average molecular weight is 319 g/mol. The first-order chi connectivity index (χ1) is 9.93. The van der Waals surface area contributed by atoms with Crippen molar-refractivity contribution in [2.45, 2.75) is 25.6 Å². The molecule has 0 aromatic carbocycles. The second kappa shape index (κ2) is 6.49. The second-order valence-electron chi connectivity index (χ2n) is 4.49. The van der Waals surface area contributed by atoms with E-state index in [9.17, 15) is 13.2 Å². The standard InChI is InChI=1S/C14H14ClF3N2O/c1-2-6-20-13(11-3-4-12(15)21-11)9-8-19-7-5-10(9)14(16,17)18/h3-5,7-8,13,20H,2,6H2,1H3. The third kappa shape index (κ3) is 3.77. The lowest BCUT2D eigenvalue weighted by molar-refractivity contribution is -0.138. The third-order valence-electron chi connectivity index (χ3n) is 2.95. The Bertz CT molecular complexity index is 598. The van der Waals surface area contributed by atoms with Gasteiger partial charge in [-0.25, -0.2) is 0 Å². The zero-order valence-electron chi connectivity index (χ0n) is 11.2. The highest BCUT2D eigenvalue weighted by atomic mass is 35.5. The maximum absolute atomic E-state index is 13.1. The lowest BCUT2D eigenvalue weighted by Gasteiger charge is -2.20. The Morgan fingerprint density at radius 2 is 2.10 bits per heavy atom. The van der Waals surface area contributed by atoms with Crippen LogP contribution in [0.15, 0.2) is 35.0 Å². The van der Waals surface area contributed by atoms with E-state index in [0.29, 0.717) is 12.3 Å². The Labute approximate surface area is 125 Å². The summed E-state index contributed by atoms with van der Waals surface area (Å²) in [5.41, 5.74) is -0.719. The minimum absolute atomic E-state index is 0.0180. The van der Waals surface area contributed by atoms with Crippen molar-refractivity contribution in [2.75, 3.05) is 6.54 Å². The molecule has 0 aliphatic rings. The van der Waals surface area contributed by atoms with E-state index in [1.54, 1.807) is 6.07 Å². The fourth-order valence-corrected chi connectivity index (χ4v) is 2.18. The normalized spacial score (nSPS) is 13.4. The summed E-state index contributed by atoms with van der Waals surface area (Å²) >= 11 is 5.72. The molecule has 2 rings (SSSR count). The Kier molecular flexibility index (Phi) is 4.90. The molecule has 0 spiro atoms. The summed E-state index contributed by atoms with van der Waals surface area (Å²) in [6.07, 6.45) is -1.36. The molecule has 114 valence electrons. The Morgan fingerprint density at radius 3 is 2.67 bits per heavy atom. The molecule has 0 bridgehead atoms. The molecule has 2 heterocycles. The van der Waals surface area contributed by atoms with Gasteiger partial charge in [-0.1, -0.05) is 6.92 Å². The largest absolute Gasteiger partial charge is 0.448 e. The van der Waals surface area contributed by atoms with Crippen LogP contribution in [0.3, 0.4) is 0 Å². The van der Waals surface area contributed by atoms with Crippen LogP contribution < -0.4 is 5.32 Å². The first kappa shape index (κ1) is 15.9. The molecule has 0 fully saturated rings. The summed E-state index contributed by atoms with van der Waals surface area (Å²) in [5, 5.41) is 3.17. The van der Waals surface area contributed by atoms with Crippen LogP contribution in [0.2, 0.25) is 5.22 Å². The number of nitrogens with one attached hydrogen (secondary N) is 1. The molecule has 0 amide bonds. The fraction of sp³-hybridized carbons (Fsp3) is 0.357. The molecule has 0 radical (unpaired) electrons.